The van der Waals surface area contributed by atoms with Crippen LogP contribution >= 0.6 is 31.9 Å². The van der Waals surface area contributed by atoms with Crippen molar-refractivity contribution in [1.82, 2.24) is 0 Å². The van der Waals surface area contributed by atoms with Gasteiger partial charge in [0.2, 0.25) is 0 Å². The Hall–Kier alpha value is 0.985. The van der Waals surface area contributed by atoms with Gasteiger partial charge in [0.05, 0.1) is 3.74 Å². The Bertz CT molecular complexity index is 32.7. The number of alkyl halides is 2. The smallest absolute Gasteiger partial charge is 0.282 e. The van der Waals surface area contributed by atoms with Crippen molar-refractivity contribution < 1.29 is 4.65 Å². The van der Waals surface area contributed by atoms with Gasteiger partial charge in [-0.3, -0.25) is 0 Å². The van der Waals surface area contributed by atoms with E-state index in [1.807, 2.05) is 0 Å². The van der Waals surface area contributed by atoms with Crippen LogP contribution in [0.15, 0.2) is 0 Å². The summed E-state index contributed by atoms with van der Waals surface area (Å²) in [5, 5.41) is 0. The van der Waals surface area contributed by atoms with E-state index in [2.05, 4.69) is 44.6 Å². The van der Waals surface area contributed by atoms with Crippen LogP contribution in [0.5, 0.6) is 0 Å². The van der Waals surface area contributed by atoms with Crippen molar-refractivity contribution >= 4 is 39.9 Å². The Labute approximate surface area is 55.1 Å². The lowest BCUT2D eigenvalue weighted by molar-refractivity contribution is 0.375. The van der Waals surface area contributed by atoms with Crippen LogP contribution in [-0.4, -0.2) is 18.4 Å². The molecule has 2 radical (unpaired) electrons. The van der Waals surface area contributed by atoms with Gasteiger partial charge in [0.25, 0.3) is 8.05 Å². The Morgan fingerprint density at radius 3 is 2.17 bits per heavy atom. The van der Waals surface area contributed by atoms with E-state index >= 15 is 0 Å². The summed E-state index contributed by atoms with van der Waals surface area (Å²) >= 11 is 6.29. The van der Waals surface area contributed by atoms with Gasteiger partial charge in [-0.2, -0.15) is 0 Å². The Kier molecular flexibility index (Phi) is 4.83. The summed E-state index contributed by atoms with van der Waals surface area (Å²) in [5.74, 6) is 0. The van der Waals surface area contributed by atoms with E-state index in [1.54, 1.807) is 0 Å². The van der Waals surface area contributed by atoms with Crippen molar-refractivity contribution in [3.8, 4) is 0 Å². The normalized spacial score (nSPS) is 9.83. The molecule has 0 aromatic rings. The molecule has 0 bridgehead atoms. The summed E-state index contributed by atoms with van der Waals surface area (Å²) in [4.78, 5) is 0. The van der Waals surface area contributed by atoms with Crippen LogP contribution in [-0.2, 0) is 4.65 Å². The molecule has 0 aliphatic heterocycles. The molecule has 0 saturated carbocycles. The average Bonchev–Trinajstić information content (AvgIpc) is 1.35. The van der Waals surface area contributed by atoms with Gasteiger partial charge in [-0.1, -0.05) is 31.9 Å². The van der Waals surface area contributed by atoms with Crippen LogP contribution in [0.25, 0.3) is 0 Å². The SMILES string of the molecule is [B]OCC(Br)Br. The minimum atomic E-state index is 0.176. The molecule has 6 heavy (non-hydrogen) atoms. The lowest BCUT2D eigenvalue weighted by Crippen LogP contribution is -1.96. The maximum absolute atomic E-state index is 4.67. The molecule has 0 N–H and O–H groups in total. The average molecular weight is 214 g/mol. The molecule has 34 valence electrons. The molecule has 0 aromatic heterocycles. The molecule has 0 saturated heterocycles. The molecule has 4 heteroatoms. The van der Waals surface area contributed by atoms with E-state index < -0.39 is 0 Å². The molecule has 0 heterocycles. The first-order valence-corrected chi connectivity index (χ1v) is 3.20. The molecule has 0 aliphatic rings. The maximum atomic E-state index is 4.67. The van der Waals surface area contributed by atoms with E-state index in [-0.39, 0.29) is 3.74 Å². The summed E-state index contributed by atoms with van der Waals surface area (Å²) in [6.07, 6.45) is 0. The zero-order valence-electron chi connectivity index (χ0n) is 3.03. The van der Waals surface area contributed by atoms with Crippen molar-refractivity contribution in [1.29, 1.82) is 0 Å². The highest BCUT2D eigenvalue weighted by Gasteiger charge is 1.90. The summed E-state index contributed by atoms with van der Waals surface area (Å²) in [5.41, 5.74) is 0. The third-order valence-corrected chi connectivity index (χ3v) is 0.751. The van der Waals surface area contributed by atoms with Gasteiger partial charge in [0.1, 0.15) is 0 Å². The fourth-order valence-electron chi connectivity index (χ4n) is 0.0727. The summed E-state index contributed by atoms with van der Waals surface area (Å²) < 4.78 is 4.39. The fourth-order valence-corrected chi connectivity index (χ4v) is 0.378. The fraction of sp³-hybridized carbons (Fsp3) is 1.00. The standard InChI is InChI=1S/C2H3BBr2O/c3-6-1-2(4)5/h2H,1H2. The summed E-state index contributed by atoms with van der Waals surface area (Å²) in [6.45, 7) is 0.486. The predicted octanol–water partition coefficient (Wildman–Crippen LogP) is 1.20. The largest absolute Gasteiger partial charge is 0.446 e. The number of halogens is 2. The molecular weight excluding hydrogens is 211 g/mol. The van der Waals surface area contributed by atoms with Crippen LogP contribution in [0.1, 0.15) is 0 Å². The second-order valence-electron chi connectivity index (χ2n) is 0.724. The zero-order valence-corrected chi connectivity index (χ0v) is 6.20. The number of hydrogen-bond acceptors (Lipinski definition) is 1. The van der Waals surface area contributed by atoms with E-state index in [9.17, 15) is 0 Å². The predicted molar refractivity (Wildman–Crippen MR) is 33.3 cm³/mol. The first-order valence-electron chi connectivity index (χ1n) is 1.37. The van der Waals surface area contributed by atoms with E-state index in [0.29, 0.717) is 6.61 Å². The Balaban J connectivity index is 2.63. The first-order chi connectivity index (χ1) is 2.77. The van der Waals surface area contributed by atoms with Crippen molar-refractivity contribution in [2.75, 3.05) is 6.61 Å². The number of rotatable bonds is 2. The molecule has 0 unspecified atom stereocenters. The highest BCUT2D eigenvalue weighted by atomic mass is 79.9. The molecule has 0 rings (SSSR count). The lowest BCUT2D eigenvalue weighted by Gasteiger charge is -1.94. The van der Waals surface area contributed by atoms with E-state index in [0.717, 1.165) is 0 Å². The third kappa shape index (κ3) is 4.98. The highest BCUT2D eigenvalue weighted by molar-refractivity contribution is 9.24. The maximum Gasteiger partial charge on any atom is 0.282 e. The summed E-state index contributed by atoms with van der Waals surface area (Å²) in [7, 11) is 4.67. The van der Waals surface area contributed by atoms with Gasteiger partial charge in [-0.15, -0.1) is 0 Å². The quantitative estimate of drug-likeness (QED) is 0.495. The van der Waals surface area contributed by atoms with Gasteiger partial charge in [0, 0.05) is 6.61 Å². The van der Waals surface area contributed by atoms with Gasteiger partial charge in [-0.05, 0) is 0 Å². The van der Waals surface area contributed by atoms with Crippen molar-refractivity contribution in [3.63, 3.8) is 0 Å². The third-order valence-electron chi connectivity index (χ3n) is 0.222. The van der Waals surface area contributed by atoms with Crippen molar-refractivity contribution in [2.45, 2.75) is 3.74 Å². The number of hydrogen-bond donors (Lipinski definition) is 0. The van der Waals surface area contributed by atoms with Crippen LogP contribution in [0.2, 0.25) is 0 Å². The lowest BCUT2D eigenvalue weighted by atomic mass is 10.6. The second-order valence-corrected chi connectivity index (χ2v) is 4.16. The second kappa shape index (κ2) is 4.15. The monoisotopic (exact) mass is 212 g/mol. The van der Waals surface area contributed by atoms with Crippen LogP contribution in [0.3, 0.4) is 0 Å². The first kappa shape index (κ1) is 6.98. The molecule has 0 spiro atoms. The molecule has 0 fully saturated rings. The molecule has 0 aromatic carbocycles. The van der Waals surface area contributed by atoms with E-state index in [4.69, 9.17) is 0 Å². The van der Waals surface area contributed by atoms with Gasteiger partial charge in [0.15, 0.2) is 0 Å². The molecule has 1 nitrogen and oxygen atoms in total. The van der Waals surface area contributed by atoms with Crippen LogP contribution in [0, 0.1) is 0 Å². The molecule has 0 aliphatic carbocycles. The van der Waals surface area contributed by atoms with Crippen molar-refractivity contribution in [2.24, 2.45) is 0 Å². The summed E-state index contributed by atoms with van der Waals surface area (Å²) in [6, 6.07) is 0. The van der Waals surface area contributed by atoms with E-state index in [1.165, 1.54) is 0 Å². The Morgan fingerprint density at radius 1 is 1.67 bits per heavy atom. The van der Waals surface area contributed by atoms with Crippen LogP contribution in [0.4, 0.5) is 0 Å². The molecule has 0 atom stereocenters. The highest BCUT2D eigenvalue weighted by Crippen LogP contribution is 2.05. The topological polar surface area (TPSA) is 9.23 Å². The minimum Gasteiger partial charge on any atom is -0.446 e. The molecule has 0 amide bonds. The minimum absolute atomic E-state index is 0.176. The van der Waals surface area contributed by atoms with Gasteiger partial charge < -0.3 is 4.65 Å². The molecular formula is C2H3BBr2O. The zero-order chi connectivity index (χ0) is 4.99. The van der Waals surface area contributed by atoms with Gasteiger partial charge >= 0.3 is 0 Å². The van der Waals surface area contributed by atoms with Crippen LogP contribution < -0.4 is 0 Å². The van der Waals surface area contributed by atoms with Gasteiger partial charge in [-0.25, -0.2) is 0 Å². The van der Waals surface area contributed by atoms with Crippen molar-refractivity contribution in [3.05, 3.63) is 0 Å². The Morgan fingerprint density at radius 2 is 2.17 bits per heavy atom.